The Morgan fingerprint density at radius 3 is 2.58 bits per heavy atom. The summed E-state index contributed by atoms with van der Waals surface area (Å²) in [5, 5.41) is 16.5. The molecule has 1 saturated heterocycles. The van der Waals surface area contributed by atoms with Gasteiger partial charge in [0.15, 0.2) is 0 Å². The van der Waals surface area contributed by atoms with Crippen LogP contribution < -0.4 is 0 Å². The van der Waals surface area contributed by atoms with E-state index in [2.05, 4.69) is 0 Å². The second kappa shape index (κ2) is 2.97. The zero-order valence-corrected chi connectivity index (χ0v) is 7.22. The number of aliphatic hydroxyl groups excluding tert-OH is 1. The van der Waals surface area contributed by atoms with Crippen LogP contribution in [0.3, 0.4) is 0 Å². The van der Waals surface area contributed by atoms with E-state index in [9.17, 15) is 4.79 Å². The maximum absolute atomic E-state index is 11.4. The summed E-state index contributed by atoms with van der Waals surface area (Å²) >= 11 is 0. The lowest BCUT2D eigenvalue weighted by molar-refractivity contribution is -0.124. The quantitative estimate of drug-likeness (QED) is 0.447. The fourth-order valence-electron chi connectivity index (χ4n) is 1.26. The molecule has 0 unspecified atom stereocenters. The molecule has 1 fully saturated rings. The van der Waals surface area contributed by atoms with Crippen LogP contribution in [0, 0.1) is 5.41 Å². The number of allylic oxidation sites excluding steroid dienone is 1. The highest BCUT2D eigenvalue weighted by molar-refractivity contribution is 6.26. The standard InChI is InChI=1S/C8H12N2O2/c1-3-10-4-6(9)7(5(2)11)8(10)12/h9,11H,3-4H2,1-2H3. The van der Waals surface area contributed by atoms with Crippen LogP contribution in [0.25, 0.3) is 0 Å². The maximum Gasteiger partial charge on any atom is 0.259 e. The third-order valence-corrected chi connectivity index (χ3v) is 1.90. The van der Waals surface area contributed by atoms with Crippen molar-refractivity contribution in [1.82, 2.24) is 4.90 Å². The summed E-state index contributed by atoms with van der Waals surface area (Å²) < 4.78 is 0. The molecular formula is C8H12N2O2. The van der Waals surface area contributed by atoms with Crippen LogP contribution in [0.4, 0.5) is 0 Å². The zero-order valence-electron chi connectivity index (χ0n) is 7.22. The number of hydrogen-bond donors (Lipinski definition) is 2. The molecule has 12 heavy (non-hydrogen) atoms. The molecule has 1 rings (SSSR count). The van der Waals surface area contributed by atoms with E-state index in [1.54, 1.807) is 0 Å². The van der Waals surface area contributed by atoms with Gasteiger partial charge in [0.1, 0.15) is 5.76 Å². The second-order valence-electron chi connectivity index (χ2n) is 2.76. The third-order valence-electron chi connectivity index (χ3n) is 1.90. The van der Waals surface area contributed by atoms with Gasteiger partial charge < -0.3 is 15.4 Å². The Bertz CT molecular complexity index is 264. The van der Waals surface area contributed by atoms with E-state index in [4.69, 9.17) is 10.5 Å². The van der Waals surface area contributed by atoms with Crippen LogP contribution in [0.5, 0.6) is 0 Å². The number of likely N-dealkylation sites (N-methyl/N-ethyl adjacent to an activating group) is 1. The van der Waals surface area contributed by atoms with Gasteiger partial charge in [-0.1, -0.05) is 0 Å². The van der Waals surface area contributed by atoms with Crippen molar-refractivity contribution in [2.24, 2.45) is 0 Å². The Morgan fingerprint density at radius 2 is 2.33 bits per heavy atom. The van der Waals surface area contributed by atoms with E-state index in [1.165, 1.54) is 11.8 Å². The van der Waals surface area contributed by atoms with Crippen LogP contribution in [0.2, 0.25) is 0 Å². The second-order valence-corrected chi connectivity index (χ2v) is 2.76. The molecule has 0 bridgehead atoms. The predicted molar refractivity (Wildman–Crippen MR) is 45.3 cm³/mol. The van der Waals surface area contributed by atoms with Gasteiger partial charge in [-0.2, -0.15) is 0 Å². The smallest absolute Gasteiger partial charge is 0.259 e. The normalized spacial score (nSPS) is 22.0. The largest absolute Gasteiger partial charge is 0.512 e. The van der Waals surface area contributed by atoms with Gasteiger partial charge >= 0.3 is 0 Å². The number of amides is 1. The Morgan fingerprint density at radius 1 is 1.75 bits per heavy atom. The fourth-order valence-corrected chi connectivity index (χ4v) is 1.26. The van der Waals surface area contributed by atoms with Crippen molar-refractivity contribution in [2.75, 3.05) is 13.1 Å². The first-order valence-corrected chi connectivity index (χ1v) is 3.84. The molecule has 1 aliphatic rings. The van der Waals surface area contributed by atoms with E-state index >= 15 is 0 Å². The molecule has 66 valence electrons. The summed E-state index contributed by atoms with van der Waals surface area (Å²) in [6, 6.07) is 0. The van der Waals surface area contributed by atoms with Gasteiger partial charge in [-0.3, -0.25) is 4.79 Å². The number of carbonyl (C=O) groups is 1. The molecule has 2 N–H and O–H groups in total. The molecule has 4 heteroatoms. The van der Waals surface area contributed by atoms with Gasteiger partial charge in [0.25, 0.3) is 5.91 Å². The number of carbonyl (C=O) groups excluding carboxylic acids is 1. The van der Waals surface area contributed by atoms with E-state index in [0.29, 0.717) is 13.1 Å². The van der Waals surface area contributed by atoms with Crippen LogP contribution in [-0.2, 0) is 4.79 Å². The van der Waals surface area contributed by atoms with Gasteiger partial charge in [-0.25, -0.2) is 0 Å². The summed E-state index contributed by atoms with van der Waals surface area (Å²) in [6.45, 7) is 4.18. The summed E-state index contributed by atoms with van der Waals surface area (Å²) in [5.74, 6) is -0.288. The van der Waals surface area contributed by atoms with Gasteiger partial charge in [0.2, 0.25) is 0 Å². The Hall–Kier alpha value is -1.32. The van der Waals surface area contributed by atoms with Crippen molar-refractivity contribution in [1.29, 1.82) is 5.41 Å². The lowest BCUT2D eigenvalue weighted by Gasteiger charge is -2.09. The Labute approximate surface area is 71.0 Å². The van der Waals surface area contributed by atoms with Crippen LogP contribution in [0.15, 0.2) is 11.3 Å². The lowest BCUT2D eigenvalue weighted by Crippen LogP contribution is -2.24. The van der Waals surface area contributed by atoms with Crippen molar-refractivity contribution in [3.05, 3.63) is 11.3 Å². The summed E-state index contributed by atoms with van der Waals surface area (Å²) in [5.41, 5.74) is 0.374. The molecule has 1 heterocycles. The maximum atomic E-state index is 11.4. The van der Waals surface area contributed by atoms with E-state index < -0.39 is 0 Å². The minimum absolute atomic E-state index is 0.0547. The zero-order chi connectivity index (χ0) is 9.30. The number of rotatable bonds is 1. The number of nitrogens with zero attached hydrogens (tertiary/aromatic N) is 1. The predicted octanol–water partition coefficient (Wildman–Crippen LogP) is 0.700. The fraction of sp³-hybridized carbons (Fsp3) is 0.500. The highest BCUT2D eigenvalue weighted by atomic mass is 16.3. The Kier molecular flexibility index (Phi) is 2.17. The SMILES string of the molecule is CCN1CC(=N)C(=C(C)O)C1=O. The minimum atomic E-state index is -0.234. The number of likely N-dealkylation sites (tertiary alicyclic amines) is 1. The highest BCUT2D eigenvalue weighted by Crippen LogP contribution is 2.15. The molecule has 0 aromatic heterocycles. The van der Waals surface area contributed by atoms with Crippen molar-refractivity contribution < 1.29 is 9.90 Å². The van der Waals surface area contributed by atoms with Gasteiger partial charge in [0, 0.05) is 6.54 Å². The van der Waals surface area contributed by atoms with Gasteiger partial charge in [0.05, 0.1) is 17.8 Å². The van der Waals surface area contributed by atoms with E-state index in [-0.39, 0.29) is 23.0 Å². The van der Waals surface area contributed by atoms with Crippen LogP contribution in [-0.4, -0.2) is 34.7 Å². The molecule has 0 aromatic rings. The number of aliphatic hydroxyl groups is 1. The third kappa shape index (κ3) is 1.20. The van der Waals surface area contributed by atoms with Crippen molar-refractivity contribution in [3.8, 4) is 0 Å². The summed E-state index contributed by atoms with van der Waals surface area (Å²) in [4.78, 5) is 12.9. The van der Waals surface area contributed by atoms with Crippen LogP contribution >= 0.6 is 0 Å². The van der Waals surface area contributed by atoms with Crippen molar-refractivity contribution >= 4 is 11.6 Å². The highest BCUT2D eigenvalue weighted by Gasteiger charge is 2.31. The first-order chi connectivity index (χ1) is 5.57. The summed E-state index contributed by atoms with van der Waals surface area (Å²) in [6.07, 6.45) is 0. The molecule has 1 amide bonds. The van der Waals surface area contributed by atoms with Crippen molar-refractivity contribution in [3.63, 3.8) is 0 Å². The summed E-state index contributed by atoms with van der Waals surface area (Å²) in [7, 11) is 0. The van der Waals surface area contributed by atoms with E-state index in [1.807, 2.05) is 6.92 Å². The average molecular weight is 168 g/mol. The minimum Gasteiger partial charge on any atom is -0.512 e. The number of hydrogen-bond acceptors (Lipinski definition) is 3. The van der Waals surface area contributed by atoms with Gasteiger partial charge in [-0.05, 0) is 13.8 Å². The van der Waals surface area contributed by atoms with Crippen molar-refractivity contribution in [2.45, 2.75) is 13.8 Å². The molecule has 0 saturated carbocycles. The first kappa shape index (κ1) is 8.77. The Balaban J connectivity index is 3.01. The van der Waals surface area contributed by atoms with Gasteiger partial charge in [-0.15, -0.1) is 0 Å². The van der Waals surface area contributed by atoms with Crippen LogP contribution in [0.1, 0.15) is 13.8 Å². The molecule has 0 atom stereocenters. The molecule has 1 aliphatic heterocycles. The molecule has 0 spiro atoms. The number of nitrogens with one attached hydrogen (secondary N) is 1. The van der Waals surface area contributed by atoms with E-state index in [0.717, 1.165) is 0 Å². The topological polar surface area (TPSA) is 64.4 Å². The molecule has 0 radical (unpaired) electrons. The average Bonchev–Trinajstić information content (AvgIpc) is 2.25. The first-order valence-electron chi connectivity index (χ1n) is 3.84. The monoisotopic (exact) mass is 168 g/mol. The molecular weight excluding hydrogens is 156 g/mol. The molecule has 0 aromatic carbocycles. The lowest BCUT2D eigenvalue weighted by atomic mass is 10.2. The molecule has 0 aliphatic carbocycles. The molecule has 4 nitrogen and oxygen atoms in total.